The molecular weight excluding hydrogens is 390 g/mol. The molecule has 0 aliphatic heterocycles. The van der Waals surface area contributed by atoms with Crippen molar-refractivity contribution in [2.45, 2.75) is 75.1 Å². The first kappa shape index (κ1) is 25.7. The smallest absolute Gasteiger partial charge is 0.303 e. The maximum absolute atomic E-state index is 10.8. The zero-order valence-corrected chi connectivity index (χ0v) is 16.2. The van der Waals surface area contributed by atoms with Crippen LogP contribution in [0.1, 0.15) is 38.5 Å². The largest absolute Gasteiger partial charge is 0.481 e. The molecule has 0 amide bonds. The molecule has 1 aliphatic carbocycles. The average Bonchev–Trinajstić information content (AvgIpc) is 2.65. The summed E-state index contributed by atoms with van der Waals surface area (Å²) in [6.45, 7) is -0.923. The normalized spacial score (nSPS) is 31.9. The number of hydrogen-bond donors (Lipinski definition) is 9. The van der Waals surface area contributed by atoms with E-state index in [1.165, 1.54) is 0 Å². The molecule has 0 spiro atoms. The molecular formula is C18H33NO10. The van der Waals surface area contributed by atoms with Crippen LogP contribution in [-0.4, -0.2) is 103 Å². The van der Waals surface area contributed by atoms with E-state index in [4.69, 9.17) is 15.3 Å². The third kappa shape index (κ3) is 7.78. The topological polar surface area (TPSA) is 208 Å². The van der Waals surface area contributed by atoms with Gasteiger partial charge >= 0.3 is 11.9 Å². The van der Waals surface area contributed by atoms with Crippen LogP contribution < -0.4 is 5.32 Å². The highest BCUT2D eigenvalue weighted by molar-refractivity contribution is 5.66. The van der Waals surface area contributed by atoms with Gasteiger partial charge in [-0.1, -0.05) is 0 Å². The van der Waals surface area contributed by atoms with E-state index in [-0.39, 0.29) is 45.1 Å². The second kappa shape index (κ2) is 12.4. The molecule has 11 nitrogen and oxygen atoms in total. The summed E-state index contributed by atoms with van der Waals surface area (Å²) in [7, 11) is 0. The highest BCUT2D eigenvalue weighted by Crippen LogP contribution is 2.36. The molecule has 29 heavy (non-hydrogen) atoms. The number of rotatable bonds is 13. The fraction of sp³-hybridized carbons (Fsp3) is 0.889. The molecule has 0 heterocycles. The van der Waals surface area contributed by atoms with Crippen molar-refractivity contribution in [3.05, 3.63) is 0 Å². The molecule has 8 atom stereocenters. The van der Waals surface area contributed by atoms with E-state index in [0.29, 0.717) is 0 Å². The third-order valence-corrected chi connectivity index (χ3v) is 5.54. The Bertz CT molecular complexity index is 485. The second-order valence-electron chi connectivity index (χ2n) is 7.62. The van der Waals surface area contributed by atoms with Crippen LogP contribution in [0.3, 0.4) is 0 Å². The van der Waals surface area contributed by atoms with Crippen LogP contribution in [0.15, 0.2) is 0 Å². The van der Waals surface area contributed by atoms with Crippen molar-refractivity contribution >= 4 is 11.9 Å². The van der Waals surface area contributed by atoms with E-state index in [1.54, 1.807) is 0 Å². The quantitative estimate of drug-likeness (QED) is 0.151. The molecule has 11 heteroatoms. The molecule has 0 aromatic carbocycles. The van der Waals surface area contributed by atoms with E-state index >= 15 is 0 Å². The minimum atomic E-state index is -1.41. The van der Waals surface area contributed by atoms with Gasteiger partial charge in [0.2, 0.25) is 0 Å². The first-order valence-electron chi connectivity index (χ1n) is 9.78. The number of nitrogens with one attached hydrogen (secondary N) is 1. The van der Waals surface area contributed by atoms with Gasteiger partial charge in [0, 0.05) is 31.2 Å². The lowest BCUT2D eigenvalue weighted by atomic mass is 9.69. The first-order valence-corrected chi connectivity index (χ1v) is 9.78. The van der Waals surface area contributed by atoms with Gasteiger partial charge in [-0.25, -0.2) is 0 Å². The number of carboxylic acids is 2. The van der Waals surface area contributed by atoms with Crippen molar-refractivity contribution < 1.29 is 50.4 Å². The zero-order chi connectivity index (χ0) is 22.1. The fourth-order valence-electron chi connectivity index (χ4n) is 3.87. The lowest BCUT2D eigenvalue weighted by Gasteiger charge is -2.47. The molecule has 1 fully saturated rings. The van der Waals surface area contributed by atoms with Gasteiger partial charge in [-0.3, -0.25) is 9.59 Å². The lowest BCUT2D eigenvalue weighted by Crippen LogP contribution is -2.64. The van der Waals surface area contributed by atoms with Crippen LogP contribution in [0.25, 0.3) is 0 Å². The third-order valence-electron chi connectivity index (χ3n) is 5.54. The van der Waals surface area contributed by atoms with Crippen LogP contribution in [0.5, 0.6) is 0 Å². The first-order chi connectivity index (χ1) is 13.6. The number of hydrogen-bond acceptors (Lipinski definition) is 9. The Morgan fingerprint density at radius 2 is 1.24 bits per heavy atom. The molecule has 1 aliphatic rings. The van der Waals surface area contributed by atoms with E-state index in [9.17, 15) is 35.1 Å². The van der Waals surface area contributed by atoms with Crippen LogP contribution in [0, 0.1) is 11.8 Å². The highest BCUT2D eigenvalue weighted by Gasteiger charge is 2.48. The van der Waals surface area contributed by atoms with Crippen molar-refractivity contribution in [1.29, 1.82) is 0 Å². The Hall–Kier alpha value is -1.34. The van der Waals surface area contributed by atoms with Crippen molar-refractivity contribution in [3.63, 3.8) is 0 Å². The standard InChI is InChI=1S/C18H33NO10/c20-8-12(22)11(21)7-19-15-17(28)9(3-1-5-13(23)24)16(27)10(18(15)29)4-2-6-14(25)26/h9-12,15-22,27-29H,1-8H2,(H,23,24)(H,25,26)/t9-,10+,11-,12+,15?,16?,17-,18+/m0/s1. The van der Waals surface area contributed by atoms with E-state index in [2.05, 4.69) is 5.32 Å². The summed E-state index contributed by atoms with van der Waals surface area (Å²) in [5.74, 6) is -3.55. The molecule has 0 aromatic heterocycles. The highest BCUT2D eigenvalue weighted by atomic mass is 16.4. The summed E-state index contributed by atoms with van der Waals surface area (Å²) < 4.78 is 0. The maximum atomic E-state index is 10.8. The monoisotopic (exact) mass is 423 g/mol. The summed E-state index contributed by atoms with van der Waals surface area (Å²) in [6, 6.07) is -0.997. The maximum Gasteiger partial charge on any atom is 0.303 e. The van der Waals surface area contributed by atoms with Crippen LogP contribution >= 0.6 is 0 Å². The molecule has 0 aromatic rings. The van der Waals surface area contributed by atoms with Crippen molar-refractivity contribution in [2.75, 3.05) is 13.2 Å². The van der Waals surface area contributed by atoms with E-state index in [1.807, 2.05) is 0 Å². The Balaban J connectivity index is 2.89. The van der Waals surface area contributed by atoms with Crippen molar-refractivity contribution in [1.82, 2.24) is 5.32 Å². The number of aliphatic hydroxyl groups is 6. The number of carboxylic acid groups (broad SMARTS) is 2. The summed E-state index contributed by atoms with van der Waals surface area (Å²) in [4.78, 5) is 21.5. The predicted molar refractivity (Wildman–Crippen MR) is 98.9 cm³/mol. The summed E-state index contributed by atoms with van der Waals surface area (Å²) in [5.41, 5.74) is 0. The SMILES string of the molecule is O=C(O)CCC[C@@H]1C(O)[C@H](CCCC(=O)O)[C@H](O)C(NC[C@H](O)[C@H](O)CO)[C@@H]1O. The van der Waals surface area contributed by atoms with Crippen LogP contribution in [-0.2, 0) is 9.59 Å². The zero-order valence-electron chi connectivity index (χ0n) is 16.2. The summed E-state index contributed by atoms with van der Waals surface area (Å²) >= 11 is 0. The van der Waals surface area contributed by atoms with Crippen LogP contribution in [0.4, 0.5) is 0 Å². The van der Waals surface area contributed by atoms with Gasteiger partial charge in [0.15, 0.2) is 0 Å². The molecule has 1 saturated carbocycles. The fourth-order valence-corrected chi connectivity index (χ4v) is 3.87. The predicted octanol–water partition coefficient (Wildman–Crippen LogP) is -2.50. The van der Waals surface area contributed by atoms with Crippen LogP contribution in [0.2, 0.25) is 0 Å². The molecule has 0 saturated heterocycles. The van der Waals surface area contributed by atoms with Gasteiger partial charge in [-0.05, 0) is 25.7 Å². The summed E-state index contributed by atoms with van der Waals surface area (Å²) in [6.07, 6.45) is -6.00. The molecule has 1 rings (SSSR count). The Morgan fingerprint density at radius 1 is 0.793 bits per heavy atom. The molecule has 0 bridgehead atoms. The van der Waals surface area contributed by atoms with Crippen molar-refractivity contribution in [2.24, 2.45) is 11.8 Å². The summed E-state index contributed by atoms with van der Waals surface area (Å²) in [5, 5.41) is 80.5. The van der Waals surface area contributed by atoms with Crippen molar-refractivity contribution in [3.8, 4) is 0 Å². The second-order valence-corrected chi connectivity index (χ2v) is 7.62. The van der Waals surface area contributed by atoms with Gasteiger partial charge in [-0.15, -0.1) is 0 Å². The van der Waals surface area contributed by atoms with Gasteiger partial charge in [0.1, 0.15) is 6.10 Å². The number of aliphatic carboxylic acids is 2. The molecule has 170 valence electrons. The lowest BCUT2D eigenvalue weighted by molar-refractivity contribution is -0.145. The molecule has 0 radical (unpaired) electrons. The Kier molecular flexibility index (Phi) is 11.0. The molecule has 9 N–H and O–H groups in total. The van der Waals surface area contributed by atoms with Gasteiger partial charge in [-0.2, -0.15) is 0 Å². The van der Waals surface area contributed by atoms with E-state index < -0.39 is 66.9 Å². The Morgan fingerprint density at radius 3 is 1.62 bits per heavy atom. The minimum absolute atomic E-state index is 0.151. The Labute approximate surface area is 168 Å². The van der Waals surface area contributed by atoms with Gasteiger partial charge < -0.3 is 46.2 Å². The van der Waals surface area contributed by atoms with Gasteiger partial charge in [0.25, 0.3) is 0 Å². The minimum Gasteiger partial charge on any atom is -0.481 e. The molecule has 2 unspecified atom stereocenters. The number of aliphatic hydroxyl groups excluding tert-OH is 6. The van der Waals surface area contributed by atoms with Gasteiger partial charge in [0.05, 0.1) is 37.1 Å². The number of carbonyl (C=O) groups is 2. The average molecular weight is 423 g/mol. The van der Waals surface area contributed by atoms with E-state index in [0.717, 1.165) is 0 Å².